The zero-order chi connectivity index (χ0) is 28.6. The number of allylic oxidation sites excluding steroid dienone is 1. The number of aromatic nitrogens is 3. The molecule has 206 valence electrons. The summed E-state index contributed by atoms with van der Waals surface area (Å²) in [5.41, 5.74) is 4.05. The predicted molar refractivity (Wildman–Crippen MR) is 164 cm³/mol. The molecule has 0 N–H and O–H groups in total. The van der Waals surface area contributed by atoms with Crippen LogP contribution in [-0.4, -0.2) is 40.6 Å². The predicted octanol–water partition coefficient (Wildman–Crippen LogP) is 6.88. The van der Waals surface area contributed by atoms with Crippen molar-refractivity contribution in [1.29, 1.82) is 5.26 Å². The molecular weight excluding hydrogens is 551 g/mol. The molecule has 0 saturated carbocycles. The van der Waals surface area contributed by atoms with Crippen molar-refractivity contribution < 1.29 is 8.42 Å². The van der Waals surface area contributed by atoms with E-state index in [9.17, 15) is 13.7 Å². The highest BCUT2D eigenvalue weighted by atomic mass is 32.2. The molecule has 9 heteroatoms. The minimum atomic E-state index is -3.68. The first-order valence-corrected chi connectivity index (χ1v) is 15.8. The van der Waals surface area contributed by atoms with Gasteiger partial charge in [-0.25, -0.2) is 18.1 Å². The molecule has 1 aliphatic heterocycles. The van der Waals surface area contributed by atoms with Gasteiger partial charge in [-0.3, -0.25) is 0 Å². The summed E-state index contributed by atoms with van der Waals surface area (Å²) in [5, 5.41) is 15.6. The molecule has 0 aliphatic carbocycles. The lowest BCUT2D eigenvalue weighted by molar-refractivity contribution is 0.222. The van der Waals surface area contributed by atoms with Crippen LogP contribution < -0.4 is 0 Å². The maximum Gasteiger partial charge on any atom is 0.243 e. The minimum Gasteiger partial charge on any atom is -0.240 e. The molecule has 5 aromatic rings. The highest BCUT2D eigenvalue weighted by Gasteiger charge is 2.32. The van der Waals surface area contributed by atoms with E-state index >= 15 is 0 Å². The molecule has 2 unspecified atom stereocenters. The van der Waals surface area contributed by atoms with Crippen LogP contribution in [-0.2, 0) is 10.0 Å². The number of nitriles is 1. The number of thiazole rings is 1. The van der Waals surface area contributed by atoms with Crippen LogP contribution in [0.3, 0.4) is 0 Å². The number of fused-ring (bicyclic) bond motifs is 1. The van der Waals surface area contributed by atoms with Crippen LogP contribution in [0, 0.1) is 23.2 Å². The second kappa shape index (κ2) is 11.1. The van der Waals surface area contributed by atoms with Crippen molar-refractivity contribution in [2.45, 2.75) is 25.2 Å². The molecule has 3 heterocycles. The van der Waals surface area contributed by atoms with Gasteiger partial charge in [0.1, 0.15) is 16.8 Å². The number of para-hydroxylation sites is 2. The monoisotopic (exact) mass is 579 g/mol. The molecule has 41 heavy (non-hydrogen) atoms. The van der Waals surface area contributed by atoms with E-state index < -0.39 is 10.0 Å². The molecule has 1 fully saturated rings. The lowest BCUT2D eigenvalue weighted by atomic mass is 9.94. The van der Waals surface area contributed by atoms with Crippen molar-refractivity contribution in [1.82, 2.24) is 19.1 Å². The Morgan fingerprint density at radius 2 is 1.73 bits per heavy atom. The third kappa shape index (κ3) is 5.46. The summed E-state index contributed by atoms with van der Waals surface area (Å²) < 4.78 is 31.8. The maximum atomic E-state index is 13.7. The highest BCUT2D eigenvalue weighted by molar-refractivity contribution is 7.89. The summed E-state index contributed by atoms with van der Waals surface area (Å²) in [4.78, 5) is 4.92. The van der Waals surface area contributed by atoms with Crippen molar-refractivity contribution in [2.24, 2.45) is 11.8 Å². The van der Waals surface area contributed by atoms with Gasteiger partial charge >= 0.3 is 0 Å². The molecule has 0 bridgehead atoms. The fraction of sp³-hybridized carbons (Fsp3) is 0.219. The summed E-state index contributed by atoms with van der Waals surface area (Å²) in [6, 6.07) is 26.8. The summed E-state index contributed by atoms with van der Waals surface area (Å²) in [7, 11) is -3.68. The molecule has 3 aromatic carbocycles. The van der Waals surface area contributed by atoms with E-state index in [4.69, 9.17) is 5.10 Å². The first-order chi connectivity index (χ1) is 19.8. The lowest BCUT2D eigenvalue weighted by Gasteiger charge is -2.34. The van der Waals surface area contributed by atoms with Gasteiger partial charge in [-0.1, -0.05) is 56.3 Å². The Bertz CT molecular complexity index is 1860. The first-order valence-electron chi connectivity index (χ1n) is 13.6. The molecule has 2 aromatic heterocycles. The quantitative estimate of drug-likeness (QED) is 0.205. The topological polar surface area (TPSA) is 91.9 Å². The Kier molecular flexibility index (Phi) is 7.30. The lowest BCUT2D eigenvalue weighted by Crippen LogP contribution is -2.42. The maximum absolute atomic E-state index is 13.7. The van der Waals surface area contributed by atoms with Gasteiger partial charge in [0.15, 0.2) is 0 Å². The number of sulfonamides is 1. The Balaban J connectivity index is 1.46. The van der Waals surface area contributed by atoms with Gasteiger partial charge in [-0.05, 0) is 60.7 Å². The van der Waals surface area contributed by atoms with E-state index in [1.807, 2.05) is 66.9 Å². The number of benzene rings is 3. The Hall–Kier alpha value is -4.10. The molecule has 7 nitrogen and oxygen atoms in total. The number of piperidine rings is 1. The minimum absolute atomic E-state index is 0.243. The largest absolute Gasteiger partial charge is 0.243 e. The fourth-order valence-electron chi connectivity index (χ4n) is 5.47. The average molecular weight is 580 g/mol. The van der Waals surface area contributed by atoms with Crippen LogP contribution in [0.5, 0.6) is 0 Å². The van der Waals surface area contributed by atoms with Crippen LogP contribution >= 0.6 is 11.3 Å². The zero-order valence-electron chi connectivity index (χ0n) is 22.8. The van der Waals surface area contributed by atoms with E-state index in [1.54, 1.807) is 33.3 Å². The Morgan fingerprint density at radius 3 is 2.46 bits per heavy atom. The smallest absolute Gasteiger partial charge is 0.240 e. The van der Waals surface area contributed by atoms with Crippen LogP contribution in [0.15, 0.2) is 90.0 Å². The first kappa shape index (κ1) is 27.1. The van der Waals surface area contributed by atoms with Gasteiger partial charge in [0.25, 0.3) is 0 Å². The zero-order valence-corrected chi connectivity index (χ0v) is 24.4. The van der Waals surface area contributed by atoms with Crippen molar-refractivity contribution in [2.75, 3.05) is 13.1 Å². The SMILES string of the molecule is CC1CC(C)CN(S(=O)(=O)c2cccc(-c3nn(-c4ccccc4)cc3C=C(C#N)c3nc4ccccc4s3)c2)C1. The summed E-state index contributed by atoms with van der Waals surface area (Å²) in [6.07, 6.45) is 4.67. The van der Waals surface area contributed by atoms with Crippen LogP contribution in [0.4, 0.5) is 0 Å². The van der Waals surface area contributed by atoms with Gasteiger partial charge < -0.3 is 0 Å². The van der Waals surface area contributed by atoms with Gasteiger partial charge in [-0.2, -0.15) is 14.7 Å². The van der Waals surface area contributed by atoms with E-state index in [0.717, 1.165) is 22.3 Å². The molecule has 0 amide bonds. The van der Waals surface area contributed by atoms with Gasteiger partial charge in [0, 0.05) is 30.4 Å². The standard InChI is InChI=1S/C32H29N5O2S2/c1-22-15-23(2)20-36(19-22)41(38,39)28-12-8-9-24(17-28)31-26(21-37(35-31)27-10-4-3-5-11-27)16-25(18-33)32-34-29-13-6-7-14-30(29)40-32/h3-14,16-17,21-23H,15,19-20H2,1-2H3. The molecular formula is C32H29N5O2S2. The number of rotatable bonds is 6. The van der Waals surface area contributed by atoms with Crippen LogP contribution in [0.25, 0.3) is 38.8 Å². The third-order valence-electron chi connectivity index (χ3n) is 7.29. The Morgan fingerprint density at radius 1 is 1.00 bits per heavy atom. The molecule has 6 rings (SSSR count). The van der Waals surface area contributed by atoms with Crippen LogP contribution in [0.1, 0.15) is 30.8 Å². The van der Waals surface area contributed by atoms with E-state index in [0.29, 0.717) is 52.3 Å². The number of hydrogen-bond donors (Lipinski definition) is 0. The third-order valence-corrected chi connectivity index (χ3v) is 10.2. The van der Waals surface area contributed by atoms with E-state index in [-0.39, 0.29) is 4.90 Å². The molecule has 1 aliphatic rings. The van der Waals surface area contributed by atoms with E-state index in [2.05, 4.69) is 24.9 Å². The second-order valence-electron chi connectivity index (χ2n) is 10.7. The van der Waals surface area contributed by atoms with Crippen LogP contribution in [0.2, 0.25) is 0 Å². The molecule has 0 spiro atoms. The van der Waals surface area contributed by atoms with Gasteiger partial charge in [0.2, 0.25) is 10.0 Å². The number of nitrogens with zero attached hydrogens (tertiary/aromatic N) is 5. The van der Waals surface area contributed by atoms with E-state index in [1.165, 1.54) is 11.3 Å². The van der Waals surface area contributed by atoms with Crippen molar-refractivity contribution >= 4 is 43.2 Å². The molecule has 1 saturated heterocycles. The summed E-state index contributed by atoms with van der Waals surface area (Å²) in [5.74, 6) is 0.615. The van der Waals surface area contributed by atoms with Crippen molar-refractivity contribution in [3.63, 3.8) is 0 Å². The van der Waals surface area contributed by atoms with Gasteiger partial charge in [-0.15, -0.1) is 11.3 Å². The van der Waals surface area contributed by atoms with Crippen molar-refractivity contribution in [3.05, 3.63) is 95.6 Å². The fourth-order valence-corrected chi connectivity index (χ4v) is 8.13. The van der Waals surface area contributed by atoms with Gasteiger partial charge in [0.05, 0.1) is 26.4 Å². The molecule has 0 radical (unpaired) electrons. The second-order valence-corrected chi connectivity index (χ2v) is 13.6. The Labute approximate surface area is 244 Å². The normalized spacial score (nSPS) is 18.4. The average Bonchev–Trinajstić information content (AvgIpc) is 3.60. The summed E-state index contributed by atoms with van der Waals surface area (Å²) in [6.45, 7) is 5.23. The molecule has 2 atom stereocenters. The number of hydrogen-bond acceptors (Lipinski definition) is 6. The highest BCUT2D eigenvalue weighted by Crippen LogP contribution is 2.33. The summed E-state index contributed by atoms with van der Waals surface area (Å²) >= 11 is 1.46. The van der Waals surface area contributed by atoms with Crippen molar-refractivity contribution in [3.8, 4) is 23.0 Å².